The van der Waals surface area contributed by atoms with E-state index in [0.717, 1.165) is 31.6 Å². The molecule has 0 bridgehead atoms. The smallest absolute Gasteiger partial charge is 0.252 e. The zero-order chi connectivity index (χ0) is 17.7. The van der Waals surface area contributed by atoms with E-state index in [1.807, 2.05) is 48.1 Å². The lowest BCUT2D eigenvalue weighted by Gasteiger charge is -2.36. The third-order valence-corrected chi connectivity index (χ3v) is 4.98. The van der Waals surface area contributed by atoms with Gasteiger partial charge < -0.3 is 19.9 Å². The molecule has 1 atom stereocenters. The highest BCUT2D eigenvalue weighted by atomic mass is 16.3. The SMILES string of the molecule is CN1CCC(O)(C(=O)NC(CCn2ccnc2)c2ccccc2)CC1. The molecule has 0 radical (unpaired) electrons. The summed E-state index contributed by atoms with van der Waals surface area (Å²) in [5.74, 6) is -0.264. The quantitative estimate of drug-likeness (QED) is 0.836. The summed E-state index contributed by atoms with van der Waals surface area (Å²) in [6, 6.07) is 9.78. The number of imidazole rings is 1. The molecule has 0 spiro atoms. The van der Waals surface area contributed by atoms with Gasteiger partial charge in [-0.25, -0.2) is 4.98 Å². The van der Waals surface area contributed by atoms with Gasteiger partial charge >= 0.3 is 0 Å². The zero-order valence-electron chi connectivity index (χ0n) is 14.6. The van der Waals surface area contributed by atoms with Crippen molar-refractivity contribution >= 4 is 5.91 Å². The third kappa shape index (κ3) is 4.46. The van der Waals surface area contributed by atoms with Crippen LogP contribution in [-0.2, 0) is 11.3 Å². The van der Waals surface area contributed by atoms with E-state index in [0.29, 0.717) is 12.8 Å². The van der Waals surface area contributed by atoms with Crippen molar-refractivity contribution in [1.29, 1.82) is 0 Å². The normalized spacial score (nSPS) is 18.6. The Labute approximate surface area is 148 Å². The summed E-state index contributed by atoms with van der Waals surface area (Å²) in [6.07, 6.45) is 7.11. The van der Waals surface area contributed by atoms with Crippen LogP contribution in [-0.4, -0.2) is 51.2 Å². The first-order chi connectivity index (χ1) is 12.1. The van der Waals surface area contributed by atoms with Gasteiger partial charge in [0.2, 0.25) is 0 Å². The molecule has 1 aromatic heterocycles. The minimum absolute atomic E-state index is 0.139. The van der Waals surface area contributed by atoms with Crippen molar-refractivity contribution in [1.82, 2.24) is 19.8 Å². The van der Waals surface area contributed by atoms with Crippen molar-refractivity contribution < 1.29 is 9.90 Å². The molecule has 1 fully saturated rings. The predicted octanol–water partition coefficient (Wildman–Crippen LogP) is 1.59. The van der Waals surface area contributed by atoms with Gasteiger partial charge in [-0.15, -0.1) is 0 Å². The lowest BCUT2D eigenvalue weighted by molar-refractivity contribution is -0.145. The van der Waals surface area contributed by atoms with Gasteiger partial charge in [0.05, 0.1) is 12.4 Å². The zero-order valence-corrected chi connectivity index (χ0v) is 14.6. The first-order valence-electron chi connectivity index (χ1n) is 8.79. The lowest BCUT2D eigenvalue weighted by Crippen LogP contribution is -2.53. The van der Waals surface area contributed by atoms with Crippen LogP contribution in [0.2, 0.25) is 0 Å². The van der Waals surface area contributed by atoms with Crippen molar-refractivity contribution in [3.8, 4) is 0 Å². The van der Waals surface area contributed by atoms with Crippen LogP contribution in [0.15, 0.2) is 49.1 Å². The third-order valence-electron chi connectivity index (χ3n) is 4.98. The fraction of sp³-hybridized carbons (Fsp3) is 0.474. The predicted molar refractivity (Wildman–Crippen MR) is 95.9 cm³/mol. The largest absolute Gasteiger partial charge is 0.380 e. The molecular weight excluding hydrogens is 316 g/mol. The van der Waals surface area contributed by atoms with E-state index < -0.39 is 5.60 Å². The number of piperidine rings is 1. The molecule has 1 aromatic carbocycles. The molecule has 0 aliphatic carbocycles. The second-order valence-corrected chi connectivity index (χ2v) is 6.86. The maximum Gasteiger partial charge on any atom is 0.252 e. The average molecular weight is 342 g/mol. The van der Waals surface area contributed by atoms with Gasteiger partial charge in [0, 0.05) is 32.0 Å². The molecule has 2 heterocycles. The number of nitrogens with zero attached hydrogens (tertiary/aromatic N) is 3. The Morgan fingerprint density at radius 3 is 2.68 bits per heavy atom. The summed E-state index contributed by atoms with van der Waals surface area (Å²) in [6.45, 7) is 2.21. The maximum atomic E-state index is 12.8. The number of rotatable bonds is 6. The Hall–Kier alpha value is -2.18. The summed E-state index contributed by atoms with van der Waals surface area (Å²) in [4.78, 5) is 19.0. The molecule has 1 aliphatic heterocycles. The van der Waals surface area contributed by atoms with E-state index in [9.17, 15) is 9.90 Å². The number of aromatic nitrogens is 2. The number of amides is 1. The van der Waals surface area contributed by atoms with Crippen LogP contribution in [0.3, 0.4) is 0 Å². The second kappa shape index (κ2) is 7.80. The Bertz CT molecular complexity index is 664. The summed E-state index contributed by atoms with van der Waals surface area (Å²) < 4.78 is 1.99. The molecule has 1 aliphatic rings. The molecule has 6 nitrogen and oxygen atoms in total. The Kier molecular flexibility index (Phi) is 5.50. The van der Waals surface area contributed by atoms with Crippen LogP contribution in [0.1, 0.15) is 30.9 Å². The number of aryl methyl sites for hydroxylation is 1. The maximum absolute atomic E-state index is 12.8. The molecule has 134 valence electrons. The highest BCUT2D eigenvalue weighted by molar-refractivity contribution is 5.85. The van der Waals surface area contributed by atoms with Gasteiger partial charge in [-0.05, 0) is 31.9 Å². The van der Waals surface area contributed by atoms with E-state index in [2.05, 4.69) is 15.2 Å². The van der Waals surface area contributed by atoms with Crippen LogP contribution >= 0.6 is 0 Å². The van der Waals surface area contributed by atoms with E-state index in [4.69, 9.17) is 0 Å². The van der Waals surface area contributed by atoms with Crippen LogP contribution in [0, 0.1) is 0 Å². The van der Waals surface area contributed by atoms with Gasteiger partial charge in [0.1, 0.15) is 5.60 Å². The second-order valence-electron chi connectivity index (χ2n) is 6.86. The summed E-state index contributed by atoms with van der Waals surface area (Å²) in [7, 11) is 2.01. The van der Waals surface area contributed by atoms with Crippen LogP contribution < -0.4 is 5.32 Å². The van der Waals surface area contributed by atoms with Gasteiger partial charge in [0.25, 0.3) is 5.91 Å². The average Bonchev–Trinajstić information content (AvgIpc) is 3.15. The molecule has 6 heteroatoms. The highest BCUT2D eigenvalue weighted by Gasteiger charge is 2.39. The molecule has 1 amide bonds. The highest BCUT2D eigenvalue weighted by Crippen LogP contribution is 2.24. The number of nitrogens with one attached hydrogen (secondary N) is 1. The van der Waals surface area contributed by atoms with Gasteiger partial charge in [0.15, 0.2) is 0 Å². The van der Waals surface area contributed by atoms with Crippen molar-refractivity contribution in [2.75, 3.05) is 20.1 Å². The molecule has 25 heavy (non-hydrogen) atoms. The van der Waals surface area contributed by atoms with Gasteiger partial charge in [-0.1, -0.05) is 30.3 Å². The molecule has 0 saturated carbocycles. The Balaban J connectivity index is 1.69. The van der Waals surface area contributed by atoms with Gasteiger partial charge in [-0.2, -0.15) is 0 Å². The Morgan fingerprint density at radius 2 is 2.04 bits per heavy atom. The summed E-state index contributed by atoms with van der Waals surface area (Å²) >= 11 is 0. The van der Waals surface area contributed by atoms with E-state index in [1.54, 1.807) is 12.5 Å². The molecule has 2 aromatic rings. The number of carbonyl (C=O) groups is 1. The molecule has 1 saturated heterocycles. The molecule has 1 unspecified atom stereocenters. The Morgan fingerprint density at radius 1 is 1.32 bits per heavy atom. The molecule has 2 N–H and O–H groups in total. The van der Waals surface area contributed by atoms with Gasteiger partial charge in [-0.3, -0.25) is 4.79 Å². The number of hydrogen-bond acceptors (Lipinski definition) is 4. The van der Waals surface area contributed by atoms with E-state index in [-0.39, 0.29) is 11.9 Å². The number of carbonyl (C=O) groups excluding carboxylic acids is 1. The van der Waals surface area contributed by atoms with Crippen LogP contribution in [0.4, 0.5) is 0 Å². The van der Waals surface area contributed by atoms with Crippen molar-refractivity contribution in [3.05, 3.63) is 54.6 Å². The molecule has 3 rings (SSSR count). The van der Waals surface area contributed by atoms with Crippen molar-refractivity contribution in [3.63, 3.8) is 0 Å². The first-order valence-corrected chi connectivity index (χ1v) is 8.79. The minimum Gasteiger partial charge on any atom is -0.380 e. The van der Waals surface area contributed by atoms with Crippen LogP contribution in [0.25, 0.3) is 0 Å². The lowest BCUT2D eigenvalue weighted by atomic mass is 9.90. The minimum atomic E-state index is -1.27. The first kappa shape index (κ1) is 17.6. The van der Waals surface area contributed by atoms with Crippen LogP contribution in [0.5, 0.6) is 0 Å². The topological polar surface area (TPSA) is 70.4 Å². The number of hydrogen-bond donors (Lipinski definition) is 2. The van der Waals surface area contributed by atoms with Crippen molar-refractivity contribution in [2.24, 2.45) is 0 Å². The number of aliphatic hydroxyl groups is 1. The number of benzene rings is 1. The van der Waals surface area contributed by atoms with E-state index in [1.165, 1.54) is 0 Å². The number of likely N-dealkylation sites (tertiary alicyclic amines) is 1. The monoisotopic (exact) mass is 342 g/mol. The van der Waals surface area contributed by atoms with E-state index >= 15 is 0 Å². The fourth-order valence-corrected chi connectivity index (χ4v) is 3.21. The summed E-state index contributed by atoms with van der Waals surface area (Å²) in [5, 5.41) is 13.8. The molecular formula is C19H26N4O2. The summed E-state index contributed by atoms with van der Waals surface area (Å²) in [5.41, 5.74) is -0.221. The fourth-order valence-electron chi connectivity index (χ4n) is 3.21. The van der Waals surface area contributed by atoms with Crippen molar-refractivity contribution in [2.45, 2.75) is 37.5 Å². The standard InChI is InChI=1S/C19H26N4O2/c1-22-12-8-19(25,9-13-22)18(24)21-17(16-5-3-2-4-6-16)7-11-23-14-10-20-15-23/h2-6,10,14-15,17,25H,7-9,11-13H2,1H3,(H,21,24).